The molecule has 5 heteroatoms. The van der Waals surface area contributed by atoms with Crippen LogP contribution in [0.15, 0.2) is 12.3 Å². The summed E-state index contributed by atoms with van der Waals surface area (Å²) >= 11 is 0. The van der Waals surface area contributed by atoms with Crippen LogP contribution in [0.1, 0.15) is 43.8 Å². The van der Waals surface area contributed by atoms with Crippen molar-refractivity contribution in [2.75, 3.05) is 21.3 Å². The maximum Gasteiger partial charge on any atom is 0.172 e. The van der Waals surface area contributed by atoms with Crippen LogP contribution in [-0.4, -0.2) is 43.4 Å². The van der Waals surface area contributed by atoms with Crippen LogP contribution >= 0.6 is 0 Å². The highest BCUT2D eigenvalue weighted by atomic mass is 16.7. The second-order valence-electron chi connectivity index (χ2n) is 5.52. The molecule has 0 aromatic carbocycles. The number of likely N-dealkylation sites (N-methyl/N-ethyl adjacent to an activating group) is 1. The van der Waals surface area contributed by atoms with Gasteiger partial charge in [0.1, 0.15) is 0 Å². The van der Waals surface area contributed by atoms with E-state index in [9.17, 15) is 0 Å². The summed E-state index contributed by atoms with van der Waals surface area (Å²) in [6, 6.07) is 2.81. The third-order valence-electron chi connectivity index (χ3n) is 4.21. The number of hydrogen-bond donors (Lipinski definition) is 1. The van der Waals surface area contributed by atoms with E-state index >= 15 is 0 Å². The molecule has 1 aromatic heterocycles. The summed E-state index contributed by atoms with van der Waals surface area (Å²) in [6.45, 7) is 0. The Labute approximate surface area is 121 Å². The fourth-order valence-electron chi connectivity index (χ4n) is 3.02. The molecule has 1 unspecified atom stereocenters. The van der Waals surface area contributed by atoms with Crippen LogP contribution in [-0.2, 0) is 15.9 Å². The zero-order valence-electron chi connectivity index (χ0n) is 12.8. The Hall–Kier alpha value is -0.910. The Kier molecular flexibility index (Phi) is 6.01. The molecule has 1 aromatic rings. The highest BCUT2D eigenvalue weighted by Gasteiger charge is 2.21. The number of nitrogens with zero attached hydrogens (tertiary/aromatic N) is 2. The highest BCUT2D eigenvalue weighted by Crippen LogP contribution is 2.27. The number of hydrogen-bond acceptors (Lipinski definition) is 4. The lowest BCUT2D eigenvalue weighted by Crippen LogP contribution is -2.41. The van der Waals surface area contributed by atoms with Gasteiger partial charge in [0, 0.05) is 26.8 Å². The van der Waals surface area contributed by atoms with E-state index in [1.807, 2.05) is 7.05 Å². The number of aromatic nitrogens is 2. The van der Waals surface area contributed by atoms with Crippen molar-refractivity contribution in [2.45, 2.75) is 56.9 Å². The zero-order chi connectivity index (χ0) is 14.4. The van der Waals surface area contributed by atoms with Gasteiger partial charge in [-0.25, -0.2) is 0 Å². The van der Waals surface area contributed by atoms with E-state index in [4.69, 9.17) is 14.6 Å². The molecule has 0 radical (unpaired) electrons. The molecular weight excluding hydrogens is 254 g/mol. The van der Waals surface area contributed by atoms with Crippen molar-refractivity contribution in [3.8, 4) is 0 Å². The summed E-state index contributed by atoms with van der Waals surface area (Å²) in [5.41, 5.74) is 1.09. The van der Waals surface area contributed by atoms with Crippen LogP contribution in [0.3, 0.4) is 0 Å². The van der Waals surface area contributed by atoms with Crippen LogP contribution < -0.4 is 5.32 Å². The normalized spacial score (nSPS) is 18.6. The molecule has 0 amide bonds. The third kappa shape index (κ3) is 3.81. The standard InChI is InChI=1S/C15H27N3O2/c1-16-14(15(19-2)20-3)11-12-9-10-18(17-12)13-7-5-4-6-8-13/h9-10,13-16H,4-8,11H2,1-3H3. The van der Waals surface area contributed by atoms with Gasteiger partial charge in [-0.05, 0) is 26.0 Å². The van der Waals surface area contributed by atoms with E-state index in [1.54, 1.807) is 14.2 Å². The number of methoxy groups -OCH3 is 2. The molecular formula is C15H27N3O2. The Morgan fingerprint density at radius 2 is 2.00 bits per heavy atom. The van der Waals surface area contributed by atoms with Crippen LogP contribution in [0.2, 0.25) is 0 Å². The van der Waals surface area contributed by atoms with Gasteiger partial charge in [0.2, 0.25) is 0 Å². The monoisotopic (exact) mass is 281 g/mol. The number of rotatable bonds is 7. The van der Waals surface area contributed by atoms with Gasteiger partial charge >= 0.3 is 0 Å². The maximum atomic E-state index is 5.33. The van der Waals surface area contributed by atoms with Gasteiger partial charge in [-0.15, -0.1) is 0 Å². The smallest absolute Gasteiger partial charge is 0.172 e. The summed E-state index contributed by atoms with van der Waals surface area (Å²) in [4.78, 5) is 0. The van der Waals surface area contributed by atoms with E-state index in [2.05, 4.69) is 22.3 Å². The van der Waals surface area contributed by atoms with Crippen molar-refractivity contribution < 1.29 is 9.47 Å². The second-order valence-corrected chi connectivity index (χ2v) is 5.52. The first-order chi connectivity index (χ1) is 9.78. The molecule has 1 aliphatic rings. The van der Waals surface area contributed by atoms with Crippen LogP contribution in [0, 0.1) is 0 Å². The van der Waals surface area contributed by atoms with Crippen molar-refractivity contribution in [3.05, 3.63) is 18.0 Å². The molecule has 0 saturated heterocycles. The fourth-order valence-corrected chi connectivity index (χ4v) is 3.02. The Morgan fingerprint density at radius 1 is 1.30 bits per heavy atom. The van der Waals surface area contributed by atoms with Gasteiger partial charge in [-0.2, -0.15) is 5.10 Å². The van der Waals surface area contributed by atoms with Crippen molar-refractivity contribution in [2.24, 2.45) is 0 Å². The average Bonchev–Trinajstić information content (AvgIpc) is 2.97. The first-order valence-corrected chi connectivity index (χ1v) is 7.55. The Morgan fingerprint density at radius 3 is 2.60 bits per heavy atom. The molecule has 1 fully saturated rings. The predicted octanol–water partition coefficient (Wildman–Crippen LogP) is 2.14. The fraction of sp³-hybridized carbons (Fsp3) is 0.800. The third-order valence-corrected chi connectivity index (χ3v) is 4.21. The Balaban J connectivity index is 1.97. The summed E-state index contributed by atoms with van der Waals surface area (Å²) < 4.78 is 12.8. The molecule has 1 aliphatic carbocycles. The molecule has 1 atom stereocenters. The molecule has 114 valence electrons. The highest BCUT2D eigenvalue weighted by molar-refractivity contribution is 5.03. The molecule has 20 heavy (non-hydrogen) atoms. The van der Waals surface area contributed by atoms with Crippen molar-refractivity contribution in [3.63, 3.8) is 0 Å². The summed E-state index contributed by atoms with van der Waals surface area (Å²) in [6.07, 6.45) is 9.22. The van der Waals surface area contributed by atoms with Crippen LogP contribution in [0.5, 0.6) is 0 Å². The van der Waals surface area contributed by atoms with Crippen LogP contribution in [0.4, 0.5) is 0 Å². The van der Waals surface area contributed by atoms with E-state index in [0.717, 1.165) is 12.1 Å². The maximum absolute atomic E-state index is 5.33. The topological polar surface area (TPSA) is 48.3 Å². The van der Waals surface area contributed by atoms with Crippen molar-refractivity contribution >= 4 is 0 Å². The zero-order valence-corrected chi connectivity index (χ0v) is 12.8. The minimum absolute atomic E-state index is 0.111. The first-order valence-electron chi connectivity index (χ1n) is 7.55. The average molecular weight is 281 g/mol. The van der Waals surface area contributed by atoms with Gasteiger partial charge in [0.05, 0.1) is 17.8 Å². The Bertz CT molecular complexity index is 384. The first kappa shape index (κ1) is 15.5. The lowest BCUT2D eigenvalue weighted by atomic mass is 9.96. The molecule has 2 rings (SSSR count). The lowest BCUT2D eigenvalue weighted by molar-refractivity contribution is -0.121. The molecule has 0 aliphatic heterocycles. The molecule has 1 saturated carbocycles. The molecule has 0 spiro atoms. The lowest BCUT2D eigenvalue weighted by Gasteiger charge is -2.24. The van der Waals surface area contributed by atoms with E-state index in [1.165, 1.54) is 32.1 Å². The van der Waals surface area contributed by atoms with Crippen molar-refractivity contribution in [1.29, 1.82) is 0 Å². The minimum atomic E-state index is -0.250. The summed E-state index contributed by atoms with van der Waals surface area (Å²) in [5.74, 6) is 0. The molecule has 5 nitrogen and oxygen atoms in total. The van der Waals surface area contributed by atoms with Crippen LogP contribution in [0.25, 0.3) is 0 Å². The molecule has 1 heterocycles. The quantitative estimate of drug-likeness (QED) is 0.778. The molecule has 1 N–H and O–H groups in total. The summed E-state index contributed by atoms with van der Waals surface area (Å²) in [7, 11) is 5.26. The van der Waals surface area contributed by atoms with Gasteiger partial charge in [-0.3, -0.25) is 4.68 Å². The largest absolute Gasteiger partial charge is 0.354 e. The SMILES string of the molecule is CNC(Cc1ccn(C2CCCCC2)n1)C(OC)OC. The van der Waals surface area contributed by atoms with E-state index in [0.29, 0.717) is 6.04 Å². The van der Waals surface area contributed by atoms with Crippen molar-refractivity contribution in [1.82, 2.24) is 15.1 Å². The number of ether oxygens (including phenoxy) is 2. The van der Waals surface area contributed by atoms with E-state index in [-0.39, 0.29) is 12.3 Å². The van der Waals surface area contributed by atoms with Gasteiger partial charge in [0.25, 0.3) is 0 Å². The summed E-state index contributed by atoms with van der Waals surface area (Å²) in [5, 5.41) is 7.98. The second kappa shape index (κ2) is 7.76. The molecule has 0 bridgehead atoms. The van der Waals surface area contributed by atoms with Gasteiger partial charge in [-0.1, -0.05) is 19.3 Å². The predicted molar refractivity (Wildman–Crippen MR) is 78.7 cm³/mol. The van der Waals surface area contributed by atoms with Gasteiger partial charge in [0.15, 0.2) is 6.29 Å². The number of nitrogens with one attached hydrogen (secondary N) is 1. The van der Waals surface area contributed by atoms with Gasteiger partial charge < -0.3 is 14.8 Å². The minimum Gasteiger partial charge on any atom is -0.354 e. The van der Waals surface area contributed by atoms with E-state index < -0.39 is 0 Å².